The Labute approximate surface area is 102 Å². The van der Waals surface area contributed by atoms with Crippen molar-refractivity contribution >= 4 is 27.6 Å². The van der Waals surface area contributed by atoms with E-state index < -0.39 is 14.9 Å². The van der Waals surface area contributed by atoms with Gasteiger partial charge in [0.1, 0.15) is 0 Å². The molecule has 0 saturated carbocycles. The van der Waals surface area contributed by atoms with E-state index >= 15 is 0 Å². The van der Waals surface area contributed by atoms with E-state index in [0.29, 0.717) is 10.9 Å². The molecule has 0 fully saturated rings. The average molecular weight is 280 g/mol. The summed E-state index contributed by atoms with van der Waals surface area (Å²) < 4.78 is 23.0. The van der Waals surface area contributed by atoms with E-state index in [9.17, 15) is 18.5 Å². The Morgan fingerprint density at radius 3 is 2.65 bits per heavy atom. The monoisotopic (exact) mass is 280 g/mol. The first kappa shape index (κ1) is 13.9. The van der Waals surface area contributed by atoms with Gasteiger partial charge in [0, 0.05) is 19.7 Å². The van der Waals surface area contributed by atoms with E-state index in [1.807, 2.05) is 0 Å². The van der Waals surface area contributed by atoms with E-state index in [-0.39, 0.29) is 17.3 Å². The first-order chi connectivity index (χ1) is 7.72. The minimum Gasteiger partial charge on any atom is -0.358 e. The molecule has 0 aliphatic rings. The third-order valence-electron chi connectivity index (χ3n) is 2.03. The number of aromatic nitrogens is 2. The molecular formula is C7H12N4O4S2. The zero-order chi connectivity index (χ0) is 13.2. The molecule has 17 heavy (non-hydrogen) atoms. The Kier molecular flexibility index (Phi) is 4.11. The van der Waals surface area contributed by atoms with Gasteiger partial charge >= 0.3 is 5.82 Å². The molecular weight excluding hydrogens is 268 g/mol. The minimum absolute atomic E-state index is 0.151. The van der Waals surface area contributed by atoms with Crippen LogP contribution in [-0.4, -0.2) is 34.4 Å². The number of nitrogens with two attached hydrogens (primary N) is 1. The average Bonchev–Trinajstić information content (AvgIpc) is 2.44. The third-order valence-corrected chi connectivity index (χ3v) is 4.20. The first-order valence-corrected chi connectivity index (χ1v) is 7.23. The molecule has 0 aliphatic heterocycles. The summed E-state index contributed by atoms with van der Waals surface area (Å²) >= 11 is 1.05. The van der Waals surface area contributed by atoms with Crippen molar-refractivity contribution in [3.8, 4) is 0 Å². The fourth-order valence-corrected chi connectivity index (χ4v) is 3.14. The van der Waals surface area contributed by atoms with Gasteiger partial charge in [0.25, 0.3) is 0 Å². The van der Waals surface area contributed by atoms with Crippen molar-refractivity contribution in [2.45, 2.75) is 11.9 Å². The van der Waals surface area contributed by atoms with Crippen LogP contribution in [0, 0.1) is 17.0 Å². The number of thioether (sulfide) groups is 1. The Morgan fingerprint density at radius 2 is 2.18 bits per heavy atom. The molecule has 0 saturated heterocycles. The van der Waals surface area contributed by atoms with Crippen LogP contribution in [0.2, 0.25) is 0 Å². The van der Waals surface area contributed by atoms with Gasteiger partial charge in [0.05, 0.1) is 5.75 Å². The van der Waals surface area contributed by atoms with Crippen molar-refractivity contribution in [3.63, 3.8) is 0 Å². The van der Waals surface area contributed by atoms with Crippen LogP contribution < -0.4 is 5.14 Å². The number of aryl methyl sites for hydroxylation is 1. The second-order valence-electron chi connectivity index (χ2n) is 3.32. The normalized spacial score (nSPS) is 11.7. The van der Waals surface area contributed by atoms with Crippen molar-refractivity contribution in [1.82, 2.24) is 9.55 Å². The number of hydrogen-bond donors (Lipinski definition) is 1. The van der Waals surface area contributed by atoms with Crippen molar-refractivity contribution in [3.05, 3.63) is 15.9 Å². The Bertz CT molecular complexity index is 536. The lowest BCUT2D eigenvalue weighted by Crippen LogP contribution is -2.18. The van der Waals surface area contributed by atoms with Crippen molar-refractivity contribution in [1.29, 1.82) is 0 Å². The zero-order valence-corrected chi connectivity index (χ0v) is 10.9. The SMILES string of the molecule is Cc1nc([N+](=O)[O-])c(SCCS(N)(=O)=O)n1C. The van der Waals surface area contributed by atoms with Gasteiger partial charge in [0.2, 0.25) is 15.8 Å². The smallest absolute Gasteiger partial charge is 0.358 e. The molecule has 96 valence electrons. The topological polar surface area (TPSA) is 121 Å². The molecule has 0 bridgehead atoms. The van der Waals surface area contributed by atoms with Crippen LogP contribution in [0.25, 0.3) is 0 Å². The molecule has 0 radical (unpaired) electrons. The van der Waals surface area contributed by atoms with Gasteiger partial charge in [-0.1, -0.05) is 11.8 Å². The molecule has 0 aromatic carbocycles. The van der Waals surface area contributed by atoms with Gasteiger partial charge in [-0.05, 0) is 9.91 Å². The van der Waals surface area contributed by atoms with Gasteiger partial charge < -0.3 is 10.1 Å². The highest BCUT2D eigenvalue weighted by atomic mass is 32.2. The molecule has 0 spiro atoms. The summed E-state index contributed by atoms with van der Waals surface area (Å²) in [7, 11) is -1.92. The molecule has 0 unspecified atom stereocenters. The van der Waals surface area contributed by atoms with Crippen molar-refractivity contribution < 1.29 is 13.3 Å². The third kappa shape index (κ3) is 3.68. The van der Waals surface area contributed by atoms with Gasteiger partial charge in [-0.25, -0.2) is 13.6 Å². The summed E-state index contributed by atoms with van der Waals surface area (Å²) in [6.07, 6.45) is 0. The first-order valence-electron chi connectivity index (χ1n) is 4.53. The van der Waals surface area contributed by atoms with E-state index in [1.54, 1.807) is 18.5 Å². The molecule has 0 aliphatic carbocycles. The highest BCUT2D eigenvalue weighted by Gasteiger charge is 2.23. The summed E-state index contributed by atoms with van der Waals surface area (Å²) in [5, 5.41) is 15.9. The summed E-state index contributed by atoms with van der Waals surface area (Å²) in [6, 6.07) is 0. The van der Waals surface area contributed by atoms with E-state index in [1.165, 1.54) is 0 Å². The van der Waals surface area contributed by atoms with Crippen molar-refractivity contribution in [2.24, 2.45) is 12.2 Å². The van der Waals surface area contributed by atoms with Crippen LogP contribution in [0.15, 0.2) is 5.03 Å². The largest absolute Gasteiger partial charge is 0.396 e. The molecule has 2 N–H and O–H groups in total. The highest BCUT2D eigenvalue weighted by molar-refractivity contribution is 8.00. The molecule has 1 heterocycles. The maximum absolute atomic E-state index is 10.7. The number of primary sulfonamides is 1. The molecule has 8 nitrogen and oxygen atoms in total. The maximum atomic E-state index is 10.7. The zero-order valence-electron chi connectivity index (χ0n) is 9.28. The Balaban J connectivity index is 2.87. The molecule has 1 aromatic rings. The Morgan fingerprint density at radius 1 is 1.59 bits per heavy atom. The predicted molar refractivity (Wildman–Crippen MR) is 63.3 cm³/mol. The molecule has 1 rings (SSSR count). The van der Waals surface area contributed by atoms with Crippen LogP contribution in [0.3, 0.4) is 0 Å². The second-order valence-corrected chi connectivity index (χ2v) is 6.14. The fraction of sp³-hybridized carbons (Fsp3) is 0.571. The highest BCUT2D eigenvalue weighted by Crippen LogP contribution is 2.28. The maximum Gasteiger partial charge on any atom is 0.396 e. The van der Waals surface area contributed by atoms with E-state index in [0.717, 1.165) is 11.8 Å². The van der Waals surface area contributed by atoms with Crippen LogP contribution >= 0.6 is 11.8 Å². The molecule has 10 heteroatoms. The van der Waals surface area contributed by atoms with Gasteiger partial charge in [0.15, 0.2) is 5.03 Å². The van der Waals surface area contributed by atoms with Crippen LogP contribution in [0.5, 0.6) is 0 Å². The molecule has 0 amide bonds. The van der Waals surface area contributed by atoms with Gasteiger partial charge in [-0.15, -0.1) is 0 Å². The number of imidazole rings is 1. The molecule has 0 atom stereocenters. The Hall–Kier alpha value is -1.13. The van der Waals surface area contributed by atoms with Crippen molar-refractivity contribution in [2.75, 3.05) is 11.5 Å². The summed E-state index contributed by atoms with van der Waals surface area (Å²) in [4.78, 5) is 13.9. The number of sulfonamides is 1. The predicted octanol–water partition coefficient (Wildman–Crippen LogP) is 0.0173. The lowest BCUT2D eigenvalue weighted by molar-refractivity contribution is -0.392. The number of nitro groups is 1. The quantitative estimate of drug-likeness (QED) is 0.461. The van der Waals surface area contributed by atoms with E-state index in [4.69, 9.17) is 5.14 Å². The summed E-state index contributed by atoms with van der Waals surface area (Å²) in [5.74, 6) is 0.150. The number of rotatable bonds is 5. The summed E-state index contributed by atoms with van der Waals surface area (Å²) in [5.41, 5.74) is 0. The second kappa shape index (κ2) is 5.02. The van der Waals surface area contributed by atoms with Gasteiger partial charge in [-0.3, -0.25) is 4.57 Å². The summed E-state index contributed by atoms with van der Waals surface area (Å²) in [6.45, 7) is 1.64. The minimum atomic E-state index is -3.55. The standard InChI is InChI=1S/C7H12N4O4S2/c1-5-9-6(11(12)13)7(10(5)2)16-3-4-17(8,14)15/h3-4H2,1-2H3,(H2,8,14,15). The lowest BCUT2D eigenvalue weighted by atomic mass is 10.7. The molecule has 1 aromatic heterocycles. The number of nitrogens with zero attached hydrogens (tertiary/aromatic N) is 3. The van der Waals surface area contributed by atoms with Crippen LogP contribution in [-0.2, 0) is 17.1 Å². The van der Waals surface area contributed by atoms with Gasteiger partial charge in [-0.2, -0.15) is 0 Å². The van der Waals surface area contributed by atoms with Crippen LogP contribution in [0.1, 0.15) is 5.82 Å². The van der Waals surface area contributed by atoms with E-state index in [2.05, 4.69) is 4.98 Å². The number of hydrogen-bond acceptors (Lipinski definition) is 6. The lowest BCUT2D eigenvalue weighted by Gasteiger charge is -2.01. The van der Waals surface area contributed by atoms with Crippen LogP contribution in [0.4, 0.5) is 5.82 Å². The fourth-order valence-electron chi connectivity index (χ4n) is 1.11.